The largest absolute Gasteiger partial charge is 0.489 e. The van der Waals surface area contributed by atoms with Gasteiger partial charge >= 0.3 is 0 Å². The molecule has 2 aliphatic heterocycles. The Balaban J connectivity index is 1.21. The minimum atomic E-state index is -0.975. The number of nitrogens with zero attached hydrogens (tertiary/aromatic N) is 7. The number of hydrogen-bond acceptors (Lipinski definition) is 9. The van der Waals surface area contributed by atoms with Crippen molar-refractivity contribution >= 4 is 17.2 Å². The first kappa shape index (κ1) is 24.1. The molecule has 3 aliphatic rings. The van der Waals surface area contributed by atoms with E-state index >= 15 is 0 Å². The highest BCUT2D eigenvalue weighted by Gasteiger charge is 2.47. The molecule has 10 heteroatoms. The number of rotatable bonds is 7. The predicted molar refractivity (Wildman–Crippen MR) is 143 cm³/mol. The Morgan fingerprint density at radius 1 is 1.13 bits per heavy atom. The molecule has 4 aromatic heterocycles. The van der Waals surface area contributed by atoms with Crippen molar-refractivity contribution in [1.29, 1.82) is 5.26 Å². The second-order valence-corrected chi connectivity index (χ2v) is 10.9. The van der Waals surface area contributed by atoms with Crippen molar-refractivity contribution in [1.82, 2.24) is 24.6 Å². The van der Waals surface area contributed by atoms with E-state index in [4.69, 9.17) is 9.72 Å². The van der Waals surface area contributed by atoms with E-state index in [1.807, 2.05) is 31.3 Å². The van der Waals surface area contributed by atoms with E-state index in [1.54, 1.807) is 43.2 Å². The molecule has 1 unspecified atom stereocenters. The predicted octanol–water partition coefficient (Wildman–Crippen LogP) is 3.45. The van der Waals surface area contributed by atoms with Gasteiger partial charge in [-0.25, -0.2) is 14.5 Å². The minimum Gasteiger partial charge on any atom is -0.489 e. The molecule has 0 amide bonds. The standard InChI is InChI=1S/C28H30N8O2/c1-17-9-31-24(12-30-17)34-26-19-6-20(26)14-35(13-19)25-5-4-18(10-32-25)23-7-22(38-16-28(2,3)37)15-36-27(23)21(8-29)11-33-36/h4-5,7,9-12,15,19-20,26,37H,6,13-14,16H2,1-3H3,(H,31,34)/t19-,20+,26?. The summed E-state index contributed by atoms with van der Waals surface area (Å²) >= 11 is 0. The third-order valence-electron chi connectivity index (χ3n) is 7.31. The first-order chi connectivity index (χ1) is 18.3. The van der Waals surface area contributed by atoms with Gasteiger partial charge in [-0.05, 0) is 57.2 Å². The van der Waals surface area contributed by atoms with Gasteiger partial charge in [0.05, 0.1) is 47.2 Å². The first-order valence-electron chi connectivity index (χ1n) is 12.8. The fraction of sp³-hybridized carbons (Fsp3) is 0.393. The van der Waals surface area contributed by atoms with E-state index < -0.39 is 5.60 Å². The average molecular weight is 511 g/mol. The Kier molecular flexibility index (Phi) is 5.88. The zero-order valence-electron chi connectivity index (χ0n) is 21.7. The van der Waals surface area contributed by atoms with Gasteiger partial charge in [0.25, 0.3) is 0 Å². The number of ether oxygens (including phenoxy) is 1. The molecular weight excluding hydrogens is 480 g/mol. The molecule has 194 valence electrons. The van der Waals surface area contributed by atoms with Crippen molar-refractivity contribution < 1.29 is 9.84 Å². The van der Waals surface area contributed by atoms with Gasteiger partial charge in [0.2, 0.25) is 0 Å². The zero-order valence-corrected chi connectivity index (χ0v) is 21.7. The van der Waals surface area contributed by atoms with Crippen molar-refractivity contribution in [3.05, 3.63) is 60.4 Å². The van der Waals surface area contributed by atoms with Crippen LogP contribution < -0.4 is 15.0 Å². The number of nitrogens with one attached hydrogen (secondary N) is 1. The van der Waals surface area contributed by atoms with Gasteiger partial charge in [-0.15, -0.1) is 0 Å². The average Bonchev–Trinajstić information content (AvgIpc) is 3.34. The van der Waals surface area contributed by atoms with Crippen molar-refractivity contribution in [2.75, 3.05) is 29.9 Å². The summed E-state index contributed by atoms with van der Waals surface area (Å²) in [6.45, 7) is 7.32. The van der Waals surface area contributed by atoms with Crippen LogP contribution in [0.3, 0.4) is 0 Å². The Morgan fingerprint density at radius 2 is 1.95 bits per heavy atom. The third kappa shape index (κ3) is 4.61. The molecule has 6 heterocycles. The summed E-state index contributed by atoms with van der Waals surface area (Å²) in [4.78, 5) is 16.0. The maximum atomic E-state index is 10.1. The van der Waals surface area contributed by atoms with Crippen molar-refractivity contribution in [2.45, 2.75) is 38.8 Å². The van der Waals surface area contributed by atoms with Crippen LogP contribution in [0.1, 0.15) is 31.5 Å². The summed E-state index contributed by atoms with van der Waals surface area (Å²) in [6, 6.07) is 8.58. The molecule has 0 radical (unpaired) electrons. The van der Waals surface area contributed by atoms with Gasteiger partial charge in [0, 0.05) is 36.5 Å². The van der Waals surface area contributed by atoms with Gasteiger partial charge < -0.3 is 20.1 Å². The number of aromatic nitrogens is 5. The molecule has 10 nitrogen and oxygen atoms in total. The highest BCUT2D eigenvalue weighted by molar-refractivity contribution is 5.85. The van der Waals surface area contributed by atoms with Crippen molar-refractivity contribution in [2.24, 2.45) is 11.8 Å². The van der Waals surface area contributed by atoms with Gasteiger partial charge in [-0.3, -0.25) is 4.98 Å². The van der Waals surface area contributed by atoms with E-state index in [0.717, 1.165) is 41.5 Å². The SMILES string of the molecule is Cc1cnc(NC2[C@@H]3C[C@H]2CN(c2ccc(-c4cc(OCC(C)(C)O)cn5ncc(C#N)c45)cn2)C3)cn1. The molecule has 2 N–H and O–H groups in total. The second kappa shape index (κ2) is 9.26. The van der Waals surface area contributed by atoms with Crippen LogP contribution in [0.5, 0.6) is 5.75 Å². The number of pyridine rings is 2. The molecule has 3 atom stereocenters. The molecule has 3 fully saturated rings. The van der Waals surface area contributed by atoms with Crippen molar-refractivity contribution in [3.8, 4) is 22.9 Å². The summed E-state index contributed by atoms with van der Waals surface area (Å²) < 4.78 is 7.48. The van der Waals surface area contributed by atoms with E-state index in [2.05, 4.69) is 31.4 Å². The molecule has 7 rings (SSSR count). The topological polar surface area (TPSA) is 124 Å². The summed E-state index contributed by atoms with van der Waals surface area (Å²) in [5, 5.41) is 27.6. The Hall–Kier alpha value is -4.23. The van der Waals surface area contributed by atoms with Crippen LogP contribution in [-0.2, 0) is 0 Å². The van der Waals surface area contributed by atoms with Gasteiger partial charge in [-0.2, -0.15) is 10.4 Å². The molecule has 0 aromatic carbocycles. The molecule has 1 saturated carbocycles. The van der Waals surface area contributed by atoms with E-state index in [-0.39, 0.29) is 6.61 Å². The molecule has 0 spiro atoms. The van der Waals surface area contributed by atoms with Crippen LogP contribution in [0, 0.1) is 30.1 Å². The number of nitriles is 1. The molecule has 4 aromatic rings. The van der Waals surface area contributed by atoms with Crippen LogP contribution in [0.25, 0.3) is 16.6 Å². The number of piperidine rings is 2. The summed E-state index contributed by atoms with van der Waals surface area (Å²) in [6.07, 6.45) is 9.92. The molecule has 38 heavy (non-hydrogen) atoms. The van der Waals surface area contributed by atoms with Crippen LogP contribution in [0.2, 0.25) is 0 Å². The van der Waals surface area contributed by atoms with E-state index in [0.29, 0.717) is 34.7 Å². The smallest absolute Gasteiger partial charge is 0.144 e. The van der Waals surface area contributed by atoms with Crippen LogP contribution in [0.15, 0.2) is 49.2 Å². The zero-order chi connectivity index (χ0) is 26.4. The number of hydrogen-bond donors (Lipinski definition) is 2. The lowest BCUT2D eigenvalue weighted by atomic mass is 9.66. The number of anilines is 2. The first-order valence-corrected chi connectivity index (χ1v) is 12.8. The second-order valence-electron chi connectivity index (χ2n) is 10.9. The Labute approximate surface area is 220 Å². The fourth-order valence-electron chi connectivity index (χ4n) is 5.42. The monoisotopic (exact) mass is 510 g/mol. The van der Waals surface area contributed by atoms with Crippen LogP contribution in [0.4, 0.5) is 11.6 Å². The highest BCUT2D eigenvalue weighted by Crippen LogP contribution is 2.43. The number of aliphatic hydroxyl groups is 1. The Bertz CT molecular complexity index is 1490. The maximum Gasteiger partial charge on any atom is 0.144 e. The Morgan fingerprint density at radius 3 is 2.61 bits per heavy atom. The van der Waals surface area contributed by atoms with E-state index in [1.165, 1.54) is 6.42 Å². The van der Waals surface area contributed by atoms with Gasteiger partial charge in [0.1, 0.15) is 30.1 Å². The number of aryl methyl sites for hydroxylation is 1. The quantitative estimate of drug-likeness (QED) is 0.385. The lowest BCUT2D eigenvalue weighted by Gasteiger charge is -2.54. The lowest BCUT2D eigenvalue weighted by Crippen LogP contribution is -2.61. The summed E-state index contributed by atoms with van der Waals surface area (Å²) in [5.41, 5.74) is 2.78. The van der Waals surface area contributed by atoms with Gasteiger partial charge in [0.15, 0.2) is 0 Å². The molecule has 2 saturated heterocycles. The van der Waals surface area contributed by atoms with E-state index in [9.17, 15) is 10.4 Å². The van der Waals surface area contributed by atoms with Crippen molar-refractivity contribution in [3.63, 3.8) is 0 Å². The third-order valence-corrected chi connectivity index (χ3v) is 7.31. The molecule has 2 bridgehead atoms. The summed E-state index contributed by atoms with van der Waals surface area (Å²) in [5.74, 6) is 3.40. The molecular formula is C28H30N8O2. The fourth-order valence-corrected chi connectivity index (χ4v) is 5.42. The van der Waals surface area contributed by atoms with Crippen LogP contribution in [-0.4, -0.2) is 61.0 Å². The summed E-state index contributed by atoms with van der Waals surface area (Å²) in [7, 11) is 0. The highest BCUT2D eigenvalue weighted by atomic mass is 16.5. The van der Waals surface area contributed by atoms with Gasteiger partial charge in [-0.1, -0.05) is 0 Å². The number of fused-ring (bicyclic) bond motifs is 3. The lowest BCUT2D eigenvalue weighted by molar-refractivity contribution is 0.0283. The molecule has 1 aliphatic carbocycles. The minimum absolute atomic E-state index is 0.130. The normalized spacial score (nSPS) is 20.6. The maximum absolute atomic E-state index is 10.1. The van der Waals surface area contributed by atoms with Crippen LogP contribution >= 0.6 is 0 Å².